The van der Waals surface area contributed by atoms with Gasteiger partial charge in [0.15, 0.2) is 5.16 Å². The number of benzene rings is 1. The molecule has 27 heavy (non-hydrogen) atoms. The molecular weight excluding hydrogens is 376 g/mol. The summed E-state index contributed by atoms with van der Waals surface area (Å²) >= 11 is 3.42. The lowest BCUT2D eigenvalue weighted by Gasteiger charge is -2.12. The van der Waals surface area contributed by atoms with Gasteiger partial charge in [0, 0.05) is 4.88 Å². The maximum atomic E-state index is 13.6. The van der Waals surface area contributed by atoms with Crippen molar-refractivity contribution in [1.82, 2.24) is 19.2 Å². The number of thioether (sulfide) groups is 1. The second-order valence-corrected chi connectivity index (χ2v) is 9.23. The van der Waals surface area contributed by atoms with Gasteiger partial charge in [0.25, 0.3) is 5.56 Å². The van der Waals surface area contributed by atoms with Gasteiger partial charge in [-0.2, -0.15) is 0 Å². The number of aromatic nitrogens is 4. The van der Waals surface area contributed by atoms with Crippen LogP contribution in [-0.2, 0) is 12.8 Å². The number of fused-ring (bicyclic) bond motifs is 5. The molecule has 0 amide bonds. The summed E-state index contributed by atoms with van der Waals surface area (Å²) in [5, 5.41) is 10.5. The Labute approximate surface area is 165 Å². The van der Waals surface area contributed by atoms with Gasteiger partial charge in [0.05, 0.1) is 11.1 Å². The zero-order valence-corrected chi connectivity index (χ0v) is 17.0. The van der Waals surface area contributed by atoms with Crippen molar-refractivity contribution in [2.75, 3.05) is 5.75 Å². The van der Waals surface area contributed by atoms with Crippen molar-refractivity contribution in [3.63, 3.8) is 0 Å². The van der Waals surface area contributed by atoms with Crippen LogP contribution in [0.5, 0.6) is 0 Å². The Morgan fingerprint density at radius 2 is 1.93 bits per heavy atom. The van der Waals surface area contributed by atoms with Crippen molar-refractivity contribution in [2.24, 2.45) is 0 Å². The maximum Gasteiger partial charge on any atom is 0.268 e. The first-order chi connectivity index (χ1) is 13.2. The third-order valence-electron chi connectivity index (χ3n) is 5.15. The van der Waals surface area contributed by atoms with E-state index in [2.05, 4.69) is 21.5 Å². The molecule has 5 rings (SSSR count). The largest absolute Gasteiger partial charge is 0.268 e. The maximum absolute atomic E-state index is 13.6. The Morgan fingerprint density at radius 1 is 1.15 bits per heavy atom. The van der Waals surface area contributed by atoms with Gasteiger partial charge >= 0.3 is 0 Å². The third-order valence-corrected chi connectivity index (χ3v) is 7.24. The van der Waals surface area contributed by atoms with Crippen molar-refractivity contribution in [3.05, 3.63) is 50.6 Å². The fraction of sp³-hybridized carbons (Fsp3) is 0.350. The molecule has 0 radical (unpaired) electrons. The molecule has 3 heterocycles. The minimum Gasteiger partial charge on any atom is -0.268 e. The van der Waals surface area contributed by atoms with Gasteiger partial charge in [-0.1, -0.05) is 36.4 Å². The Bertz CT molecular complexity index is 1220. The van der Waals surface area contributed by atoms with Crippen LogP contribution in [0, 0.1) is 6.92 Å². The molecule has 3 aromatic heterocycles. The molecule has 0 bridgehead atoms. The molecule has 1 aliphatic carbocycles. The van der Waals surface area contributed by atoms with Crippen molar-refractivity contribution in [1.29, 1.82) is 0 Å². The number of hydrogen-bond donors (Lipinski definition) is 0. The Morgan fingerprint density at radius 3 is 2.70 bits per heavy atom. The minimum atomic E-state index is 0.0289. The van der Waals surface area contributed by atoms with E-state index < -0.39 is 0 Å². The lowest BCUT2D eigenvalue weighted by molar-refractivity contribution is 0.699. The van der Waals surface area contributed by atoms with Crippen LogP contribution in [0.4, 0.5) is 0 Å². The molecule has 0 atom stereocenters. The zero-order chi connectivity index (χ0) is 18.5. The first kappa shape index (κ1) is 17.0. The lowest BCUT2D eigenvalue weighted by Crippen LogP contribution is -2.22. The highest BCUT2D eigenvalue weighted by Gasteiger charge is 2.25. The van der Waals surface area contributed by atoms with Crippen LogP contribution in [0.1, 0.15) is 35.8 Å². The molecule has 5 nitrogen and oxygen atoms in total. The van der Waals surface area contributed by atoms with E-state index in [-0.39, 0.29) is 5.56 Å². The van der Waals surface area contributed by atoms with E-state index in [4.69, 9.17) is 0 Å². The normalized spacial score (nSPS) is 14.1. The highest BCUT2D eigenvalue weighted by molar-refractivity contribution is 7.99. The smallest absolute Gasteiger partial charge is 0.268 e. The summed E-state index contributed by atoms with van der Waals surface area (Å²) in [6.45, 7) is 4.16. The van der Waals surface area contributed by atoms with Gasteiger partial charge in [-0.05, 0) is 56.1 Å². The summed E-state index contributed by atoms with van der Waals surface area (Å²) in [6, 6.07) is 8.04. The van der Waals surface area contributed by atoms with Crippen LogP contribution in [0.3, 0.4) is 0 Å². The predicted molar refractivity (Wildman–Crippen MR) is 112 cm³/mol. The number of rotatable bonds is 3. The summed E-state index contributed by atoms with van der Waals surface area (Å²) < 4.78 is 3.82. The SMILES string of the molecule is CCSc1nnc2n(-c3ccc(C)cc3)c(=O)c3c4c(sc3n12)CCCC4. The molecule has 0 aliphatic heterocycles. The predicted octanol–water partition coefficient (Wildman–Crippen LogP) is 4.39. The van der Waals surface area contributed by atoms with Gasteiger partial charge in [0.1, 0.15) is 4.83 Å². The van der Waals surface area contributed by atoms with Crippen molar-refractivity contribution >= 4 is 39.1 Å². The highest BCUT2D eigenvalue weighted by atomic mass is 32.2. The molecular formula is C20H20N4OS2. The average molecular weight is 397 g/mol. The van der Waals surface area contributed by atoms with Crippen molar-refractivity contribution < 1.29 is 0 Å². The van der Waals surface area contributed by atoms with E-state index in [1.807, 2.05) is 31.2 Å². The van der Waals surface area contributed by atoms with Gasteiger partial charge in [-0.3, -0.25) is 4.79 Å². The van der Waals surface area contributed by atoms with Crippen molar-refractivity contribution in [2.45, 2.75) is 44.7 Å². The monoisotopic (exact) mass is 396 g/mol. The van der Waals surface area contributed by atoms with Crippen LogP contribution in [0.2, 0.25) is 0 Å². The standard InChI is InChI=1S/C20H20N4OS2/c1-3-26-20-22-21-19-23(13-10-8-12(2)9-11-13)17(25)16-14-6-4-5-7-15(14)27-18(16)24(19)20/h8-11H,3-7H2,1-2H3. The number of hydrogen-bond acceptors (Lipinski definition) is 5. The lowest BCUT2D eigenvalue weighted by atomic mass is 9.97. The molecule has 0 saturated heterocycles. The molecule has 0 saturated carbocycles. The quantitative estimate of drug-likeness (QED) is 0.482. The van der Waals surface area contributed by atoms with Crippen LogP contribution < -0.4 is 5.56 Å². The molecule has 138 valence electrons. The molecule has 1 aliphatic rings. The second kappa shape index (κ2) is 6.49. The fourth-order valence-corrected chi connectivity index (χ4v) is 5.96. The van der Waals surface area contributed by atoms with E-state index in [0.717, 1.165) is 46.1 Å². The summed E-state index contributed by atoms with van der Waals surface area (Å²) in [7, 11) is 0. The molecule has 1 aromatic carbocycles. The summed E-state index contributed by atoms with van der Waals surface area (Å²) in [4.78, 5) is 16.0. The van der Waals surface area contributed by atoms with Gasteiger partial charge in [-0.15, -0.1) is 21.5 Å². The van der Waals surface area contributed by atoms with Gasteiger partial charge in [0.2, 0.25) is 5.78 Å². The number of thiophene rings is 1. The van der Waals surface area contributed by atoms with Crippen LogP contribution in [0.15, 0.2) is 34.2 Å². The van der Waals surface area contributed by atoms with Gasteiger partial charge in [-0.25, -0.2) is 8.97 Å². The Hall–Kier alpha value is -2.12. The summed E-state index contributed by atoms with van der Waals surface area (Å²) in [5.74, 6) is 1.52. The fourth-order valence-electron chi connectivity index (χ4n) is 3.87. The summed E-state index contributed by atoms with van der Waals surface area (Å²) in [6.07, 6.45) is 4.41. The summed E-state index contributed by atoms with van der Waals surface area (Å²) in [5.41, 5.74) is 3.28. The van der Waals surface area contributed by atoms with Crippen molar-refractivity contribution in [3.8, 4) is 5.69 Å². The van der Waals surface area contributed by atoms with Gasteiger partial charge < -0.3 is 0 Å². The first-order valence-corrected chi connectivity index (χ1v) is 11.1. The highest BCUT2D eigenvalue weighted by Crippen LogP contribution is 2.36. The second-order valence-electron chi connectivity index (χ2n) is 6.92. The first-order valence-electron chi connectivity index (χ1n) is 9.33. The third kappa shape index (κ3) is 2.56. The topological polar surface area (TPSA) is 52.2 Å². The molecule has 7 heteroatoms. The Kier molecular flexibility index (Phi) is 4.09. The van der Waals surface area contributed by atoms with Crippen LogP contribution >= 0.6 is 23.1 Å². The molecule has 0 N–H and O–H groups in total. The van der Waals surface area contributed by atoms with E-state index >= 15 is 0 Å². The van der Waals surface area contributed by atoms with Crippen LogP contribution in [-0.4, -0.2) is 24.9 Å². The van der Waals surface area contributed by atoms with Crippen LogP contribution in [0.25, 0.3) is 21.7 Å². The van der Waals surface area contributed by atoms with E-state index in [0.29, 0.717) is 5.78 Å². The van der Waals surface area contributed by atoms with E-state index in [9.17, 15) is 4.79 Å². The van der Waals surface area contributed by atoms with E-state index in [1.165, 1.54) is 22.4 Å². The van der Waals surface area contributed by atoms with E-state index in [1.54, 1.807) is 27.7 Å². The Balaban J connectivity index is 1.95. The molecule has 4 aromatic rings. The average Bonchev–Trinajstić information content (AvgIpc) is 3.25. The number of nitrogens with zero attached hydrogens (tertiary/aromatic N) is 4. The zero-order valence-electron chi connectivity index (χ0n) is 15.4. The molecule has 0 unspecified atom stereocenters. The molecule has 0 fully saturated rings. The minimum absolute atomic E-state index is 0.0289. The molecule has 0 spiro atoms. The number of aryl methyl sites for hydroxylation is 3.